The molecular weight excluding hydrogens is 469 g/mol. The summed E-state index contributed by atoms with van der Waals surface area (Å²) in [6.07, 6.45) is -7.77. The van der Waals surface area contributed by atoms with E-state index in [1.54, 1.807) is 0 Å². The maximum atomic E-state index is 13.1. The number of fused-ring (bicyclic) bond motifs is 3. The lowest BCUT2D eigenvalue weighted by Gasteiger charge is -2.28. The highest BCUT2D eigenvalue weighted by molar-refractivity contribution is 5.91. The van der Waals surface area contributed by atoms with Crippen LogP contribution in [0.15, 0.2) is 48.5 Å². The highest BCUT2D eigenvalue weighted by Crippen LogP contribution is 2.44. The van der Waals surface area contributed by atoms with E-state index in [0.717, 1.165) is 29.2 Å². The zero-order valence-electron chi connectivity index (χ0n) is 19.0. The van der Waals surface area contributed by atoms with Crippen LogP contribution in [0.3, 0.4) is 0 Å². The van der Waals surface area contributed by atoms with Crippen LogP contribution in [0.4, 0.5) is 18.0 Å². The van der Waals surface area contributed by atoms with E-state index in [0.29, 0.717) is 0 Å². The molecule has 1 aliphatic carbocycles. The Balaban J connectivity index is 1.72. The van der Waals surface area contributed by atoms with Gasteiger partial charge in [-0.3, -0.25) is 4.79 Å². The lowest BCUT2D eigenvalue weighted by molar-refractivity contribution is -0.154. The molecule has 2 aromatic carbocycles. The minimum absolute atomic E-state index is 0.170. The number of halogens is 3. The maximum absolute atomic E-state index is 13.1. The molecule has 3 N–H and O–H groups in total. The van der Waals surface area contributed by atoms with Gasteiger partial charge >= 0.3 is 18.2 Å². The second-order valence-electron chi connectivity index (χ2n) is 8.40. The summed E-state index contributed by atoms with van der Waals surface area (Å²) in [6.45, 7) is 0.406. The van der Waals surface area contributed by atoms with E-state index < -0.39 is 48.8 Å². The molecule has 8 nitrogen and oxygen atoms in total. The average molecular weight is 494 g/mol. The second kappa shape index (κ2) is 10.3. The molecule has 2 atom stereocenters. The molecule has 2 aromatic rings. The van der Waals surface area contributed by atoms with Crippen LogP contribution < -0.4 is 10.6 Å². The Hall–Kier alpha value is -3.60. The van der Waals surface area contributed by atoms with E-state index in [-0.39, 0.29) is 12.5 Å². The molecule has 0 saturated carbocycles. The SMILES string of the molecule is COCC(C)(NC(=O)C(CC(F)(F)F)NC(=O)OCC1c2ccccc2-c2ccccc21)C(=O)O. The summed E-state index contributed by atoms with van der Waals surface area (Å²) in [5.41, 5.74) is 1.75. The van der Waals surface area contributed by atoms with E-state index in [1.165, 1.54) is 7.11 Å². The molecule has 35 heavy (non-hydrogen) atoms. The van der Waals surface area contributed by atoms with Gasteiger partial charge in [0.25, 0.3) is 0 Å². The fraction of sp³-hybridized carbons (Fsp3) is 0.375. The summed E-state index contributed by atoms with van der Waals surface area (Å²) < 4.78 is 49.3. The van der Waals surface area contributed by atoms with Crippen molar-refractivity contribution in [2.45, 2.75) is 37.0 Å². The van der Waals surface area contributed by atoms with E-state index in [9.17, 15) is 32.7 Å². The van der Waals surface area contributed by atoms with Gasteiger partial charge < -0.3 is 25.2 Å². The standard InChI is InChI=1S/C24H25F3N2O6/c1-23(13-34-2,21(31)32)29-20(30)19(11-24(25,26)27)28-22(33)35-12-18-16-9-5-3-7-14(16)15-8-4-6-10-17(15)18/h3-10,18-19H,11-13H2,1-2H3,(H,28,33)(H,29,30)(H,31,32). The van der Waals surface area contributed by atoms with Crippen molar-refractivity contribution < 1.29 is 42.1 Å². The Kier molecular flexibility index (Phi) is 7.69. The molecule has 0 aliphatic heterocycles. The minimum Gasteiger partial charge on any atom is -0.479 e. The number of alkyl halides is 3. The maximum Gasteiger partial charge on any atom is 0.407 e. The van der Waals surface area contributed by atoms with Crippen LogP contribution in [0.2, 0.25) is 0 Å². The predicted molar refractivity (Wildman–Crippen MR) is 119 cm³/mol. The highest BCUT2D eigenvalue weighted by Gasteiger charge is 2.41. The van der Waals surface area contributed by atoms with Crippen LogP contribution in [-0.4, -0.2) is 61.2 Å². The largest absolute Gasteiger partial charge is 0.479 e. The quantitative estimate of drug-likeness (QED) is 0.492. The lowest BCUT2D eigenvalue weighted by Crippen LogP contribution is -2.60. The summed E-state index contributed by atoms with van der Waals surface area (Å²) in [5, 5.41) is 13.3. The normalized spacial score (nSPS) is 15.3. The van der Waals surface area contributed by atoms with Crippen molar-refractivity contribution in [1.82, 2.24) is 10.6 Å². The number of amides is 2. The molecular formula is C24H25F3N2O6. The van der Waals surface area contributed by atoms with Crippen molar-refractivity contribution in [3.63, 3.8) is 0 Å². The molecule has 2 amide bonds. The fourth-order valence-corrected chi connectivity index (χ4v) is 4.02. The lowest BCUT2D eigenvalue weighted by atomic mass is 9.98. The Morgan fingerprint density at radius 3 is 2.06 bits per heavy atom. The van der Waals surface area contributed by atoms with Crippen LogP contribution in [0.5, 0.6) is 0 Å². The topological polar surface area (TPSA) is 114 Å². The van der Waals surface area contributed by atoms with Gasteiger partial charge in [0.05, 0.1) is 13.0 Å². The molecule has 0 radical (unpaired) electrons. The van der Waals surface area contributed by atoms with Crippen LogP contribution in [-0.2, 0) is 19.1 Å². The number of methoxy groups -OCH3 is 1. The first-order valence-corrected chi connectivity index (χ1v) is 10.7. The summed E-state index contributed by atoms with van der Waals surface area (Å²) in [4.78, 5) is 36.5. The number of carbonyl (C=O) groups is 3. The molecule has 1 aliphatic rings. The van der Waals surface area contributed by atoms with Gasteiger partial charge in [0.2, 0.25) is 5.91 Å². The third kappa shape index (κ3) is 6.10. The van der Waals surface area contributed by atoms with Gasteiger partial charge in [0, 0.05) is 13.0 Å². The summed E-state index contributed by atoms with van der Waals surface area (Å²) in [6, 6.07) is 12.9. The van der Waals surface area contributed by atoms with Gasteiger partial charge in [-0.1, -0.05) is 48.5 Å². The summed E-state index contributed by atoms with van der Waals surface area (Å²) in [5.74, 6) is -3.18. The Morgan fingerprint density at radius 1 is 1.03 bits per heavy atom. The van der Waals surface area contributed by atoms with Crippen molar-refractivity contribution in [1.29, 1.82) is 0 Å². The number of rotatable bonds is 9. The Labute approximate surface area is 199 Å². The van der Waals surface area contributed by atoms with Gasteiger partial charge in [-0.05, 0) is 29.2 Å². The third-order valence-electron chi connectivity index (χ3n) is 5.69. The van der Waals surface area contributed by atoms with E-state index in [1.807, 2.05) is 59.2 Å². The van der Waals surface area contributed by atoms with Crippen molar-refractivity contribution in [3.8, 4) is 11.1 Å². The summed E-state index contributed by atoms with van der Waals surface area (Å²) >= 11 is 0. The molecule has 0 aromatic heterocycles. The average Bonchev–Trinajstić information content (AvgIpc) is 3.10. The molecule has 2 unspecified atom stereocenters. The van der Waals surface area contributed by atoms with Crippen LogP contribution in [0.25, 0.3) is 11.1 Å². The predicted octanol–water partition coefficient (Wildman–Crippen LogP) is 3.45. The highest BCUT2D eigenvalue weighted by atomic mass is 19.4. The molecule has 0 saturated heterocycles. The molecule has 0 bridgehead atoms. The first-order valence-electron chi connectivity index (χ1n) is 10.7. The molecule has 11 heteroatoms. The number of carboxylic acids is 1. The second-order valence-corrected chi connectivity index (χ2v) is 8.40. The molecule has 3 rings (SSSR count). The van der Waals surface area contributed by atoms with Gasteiger partial charge in [0.15, 0.2) is 5.54 Å². The first kappa shape index (κ1) is 26.0. The number of carbonyl (C=O) groups excluding carboxylic acids is 2. The fourth-order valence-electron chi connectivity index (χ4n) is 4.02. The zero-order valence-corrected chi connectivity index (χ0v) is 19.0. The number of ether oxygens (including phenoxy) is 2. The molecule has 0 fully saturated rings. The van der Waals surface area contributed by atoms with Gasteiger partial charge in [-0.25, -0.2) is 9.59 Å². The van der Waals surface area contributed by atoms with Crippen LogP contribution >= 0.6 is 0 Å². The number of benzene rings is 2. The Morgan fingerprint density at radius 2 is 1.57 bits per heavy atom. The smallest absolute Gasteiger partial charge is 0.407 e. The third-order valence-corrected chi connectivity index (χ3v) is 5.69. The zero-order chi connectivity index (χ0) is 25.8. The number of nitrogens with one attached hydrogen (secondary N) is 2. The van der Waals surface area contributed by atoms with E-state index in [2.05, 4.69) is 0 Å². The van der Waals surface area contributed by atoms with E-state index >= 15 is 0 Å². The molecule has 0 spiro atoms. The number of carboxylic acid groups (broad SMARTS) is 1. The summed E-state index contributed by atoms with van der Waals surface area (Å²) in [7, 11) is 1.18. The van der Waals surface area contributed by atoms with Crippen LogP contribution in [0.1, 0.15) is 30.4 Å². The first-order chi connectivity index (χ1) is 16.4. The van der Waals surface area contributed by atoms with Crippen molar-refractivity contribution >= 4 is 18.0 Å². The van der Waals surface area contributed by atoms with Gasteiger partial charge in [0.1, 0.15) is 12.6 Å². The molecule has 188 valence electrons. The van der Waals surface area contributed by atoms with Gasteiger partial charge in [-0.2, -0.15) is 13.2 Å². The van der Waals surface area contributed by atoms with Crippen molar-refractivity contribution in [3.05, 3.63) is 59.7 Å². The van der Waals surface area contributed by atoms with E-state index in [4.69, 9.17) is 9.47 Å². The van der Waals surface area contributed by atoms with Crippen LogP contribution in [0, 0.1) is 0 Å². The van der Waals surface area contributed by atoms with Gasteiger partial charge in [-0.15, -0.1) is 0 Å². The van der Waals surface area contributed by atoms with Crippen molar-refractivity contribution in [2.24, 2.45) is 0 Å². The molecule has 0 heterocycles. The number of hydrogen-bond acceptors (Lipinski definition) is 5. The number of alkyl carbamates (subject to hydrolysis) is 1. The van der Waals surface area contributed by atoms with Crippen molar-refractivity contribution in [2.75, 3.05) is 20.3 Å². The minimum atomic E-state index is -4.82. The number of aliphatic carboxylic acids is 1. The Bertz CT molecular complexity index is 1060. The monoisotopic (exact) mass is 494 g/mol. The number of hydrogen-bond donors (Lipinski definition) is 3.